The molecule has 0 aromatic heterocycles. The number of alkyl halides is 3. The lowest BCUT2D eigenvalue weighted by molar-refractivity contribution is -0.138. The van der Waals surface area contributed by atoms with E-state index in [1.807, 2.05) is 0 Å². The van der Waals surface area contributed by atoms with Crippen molar-refractivity contribution in [2.45, 2.75) is 19.5 Å². The van der Waals surface area contributed by atoms with Crippen molar-refractivity contribution in [1.82, 2.24) is 0 Å². The predicted octanol–water partition coefficient (Wildman–Crippen LogP) is 2.59. The monoisotopic (exact) mass is 247 g/mol. The summed E-state index contributed by atoms with van der Waals surface area (Å²) in [7, 11) is 0. The summed E-state index contributed by atoms with van der Waals surface area (Å²) in [5.41, 5.74) is 3.75. The van der Waals surface area contributed by atoms with Gasteiger partial charge in [-0.3, -0.25) is 4.79 Å². The first-order valence-corrected chi connectivity index (χ1v) is 5.00. The first-order valence-electron chi connectivity index (χ1n) is 5.00. The summed E-state index contributed by atoms with van der Waals surface area (Å²) in [5, 5.41) is 0. The van der Waals surface area contributed by atoms with Crippen molar-refractivity contribution in [3.63, 3.8) is 0 Å². The van der Waals surface area contributed by atoms with Gasteiger partial charge < -0.3 is 10.5 Å². The number of benzene rings is 1. The van der Waals surface area contributed by atoms with E-state index in [0.717, 1.165) is 6.07 Å². The van der Waals surface area contributed by atoms with E-state index >= 15 is 0 Å². The zero-order valence-corrected chi connectivity index (χ0v) is 9.17. The highest BCUT2D eigenvalue weighted by atomic mass is 19.4. The van der Waals surface area contributed by atoms with E-state index in [4.69, 9.17) is 10.5 Å². The van der Waals surface area contributed by atoms with Crippen LogP contribution in [0.5, 0.6) is 5.75 Å². The normalized spacial score (nSPS) is 11.3. The van der Waals surface area contributed by atoms with Gasteiger partial charge >= 0.3 is 6.18 Å². The summed E-state index contributed by atoms with van der Waals surface area (Å²) in [4.78, 5) is 10.8. The third kappa shape index (κ3) is 3.37. The lowest BCUT2D eigenvalue weighted by Gasteiger charge is -2.14. The van der Waals surface area contributed by atoms with Crippen LogP contribution >= 0.6 is 0 Å². The van der Waals surface area contributed by atoms with Crippen LogP contribution in [-0.2, 0) is 6.18 Å². The number of nitrogens with two attached hydrogens (primary N) is 1. The molecule has 1 aromatic rings. The summed E-state index contributed by atoms with van der Waals surface area (Å²) in [5.74, 6) is -1.19. The number of primary amides is 1. The van der Waals surface area contributed by atoms with Crippen molar-refractivity contribution < 1.29 is 22.7 Å². The molecule has 0 radical (unpaired) electrons. The van der Waals surface area contributed by atoms with E-state index in [2.05, 4.69) is 0 Å². The van der Waals surface area contributed by atoms with E-state index in [0.29, 0.717) is 12.5 Å². The zero-order chi connectivity index (χ0) is 13.1. The number of hydrogen-bond donors (Lipinski definition) is 1. The van der Waals surface area contributed by atoms with Crippen molar-refractivity contribution in [3.05, 3.63) is 29.3 Å². The molecular weight excluding hydrogens is 235 g/mol. The van der Waals surface area contributed by atoms with Gasteiger partial charge in [0.2, 0.25) is 5.91 Å². The molecule has 0 aliphatic heterocycles. The van der Waals surface area contributed by atoms with Crippen LogP contribution in [0.1, 0.15) is 29.3 Å². The second-order valence-electron chi connectivity index (χ2n) is 3.42. The van der Waals surface area contributed by atoms with Gasteiger partial charge in [-0.25, -0.2) is 0 Å². The molecule has 0 aliphatic carbocycles. The number of rotatable bonds is 4. The molecule has 0 unspecified atom stereocenters. The molecule has 1 rings (SSSR count). The Hall–Kier alpha value is -1.72. The van der Waals surface area contributed by atoms with Crippen LogP contribution in [0.15, 0.2) is 18.2 Å². The Morgan fingerprint density at radius 3 is 2.53 bits per heavy atom. The fourth-order valence-corrected chi connectivity index (χ4v) is 1.24. The van der Waals surface area contributed by atoms with Gasteiger partial charge in [0, 0.05) is 5.56 Å². The summed E-state index contributed by atoms with van der Waals surface area (Å²) in [6, 6.07) is 3.02. The minimum absolute atomic E-state index is 0.180. The largest absolute Gasteiger partial charge is 0.493 e. The highest BCUT2D eigenvalue weighted by Gasteiger charge is 2.35. The second kappa shape index (κ2) is 5.07. The lowest BCUT2D eigenvalue weighted by atomic mass is 10.1. The Kier molecular flexibility index (Phi) is 3.98. The van der Waals surface area contributed by atoms with E-state index in [1.165, 1.54) is 6.07 Å². The van der Waals surface area contributed by atoms with E-state index in [1.54, 1.807) is 6.92 Å². The van der Waals surface area contributed by atoms with Gasteiger partial charge in [-0.05, 0) is 24.6 Å². The number of ether oxygens (including phenoxy) is 1. The van der Waals surface area contributed by atoms with Crippen LogP contribution in [0.25, 0.3) is 0 Å². The fourth-order valence-electron chi connectivity index (χ4n) is 1.24. The van der Waals surface area contributed by atoms with Crippen molar-refractivity contribution in [2.24, 2.45) is 5.73 Å². The van der Waals surface area contributed by atoms with E-state index < -0.39 is 17.6 Å². The van der Waals surface area contributed by atoms with Crippen LogP contribution < -0.4 is 10.5 Å². The number of amides is 1. The molecular formula is C11H12F3NO2. The zero-order valence-electron chi connectivity index (χ0n) is 9.17. The predicted molar refractivity (Wildman–Crippen MR) is 55.7 cm³/mol. The Labute approximate surface area is 96.4 Å². The van der Waals surface area contributed by atoms with Crippen molar-refractivity contribution >= 4 is 5.91 Å². The van der Waals surface area contributed by atoms with Crippen LogP contribution in [-0.4, -0.2) is 12.5 Å². The molecule has 0 bridgehead atoms. The molecule has 0 spiro atoms. The molecule has 0 heterocycles. The Morgan fingerprint density at radius 1 is 1.41 bits per heavy atom. The summed E-state index contributed by atoms with van der Waals surface area (Å²) in [6.45, 7) is 1.96. The molecule has 0 saturated carbocycles. The molecule has 0 aliphatic rings. The molecule has 6 heteroatoms. The molecule has 2 N–H and O–H groups in total. The van der Waals surface area contributed by atoms with Gasteiger partial charge in [-0.1, -0.05) is 6.92 Å². The van der Waals surface area contributed by atoms with Gasteiger partial charge in [0.25, 0.3) is 0 Å². The Balaban J connectivity index is 3.17. The Bertz CT molecular complexity index is 416. The van der Waals surface area contributed by atoms with Crippen molar-refractivity contribution in [2.75, 3.05) is 6.61 Å². The molecule has 0 fully saturated rings. The molecule has 1 aromatic carbocycles. The first-order chi connectivity index (χ1) is 7.86. The third-order valence-corrected chi connectivity index (χ3v) is 2.03. The number of hydrogen-bond acceptors (Lipinski definition) is 2. The number of carbonyl (C=O) groups excluding carboxylic acids is 1. The number of carbonyl (C=O) groups is 1. The Morgan fingerprint density at radius 2 is 2.06 bits per heavy atom. The fraction of sp³-hybridized carbons (Fsp3) is 0.364. The summed E-state index contributed by atoms with van der Waals surface area (Å²) < 4.78 is 43.0. The molecule has 0 saturated heterocycles. The maximum atomic E-state index is 12.7. The highest BCUT2D eigenvalue weighted by molar-refractivity contribution is 5.93. The van der Waals surface area contributed by atoms with Crippen molar-refractivity contribution in [1.29, 1.82) is 0 Å². The molecule has 17 heavy (non-hydrogen) atoms. The minimum Gasteiger partial charge on any atom is -0.493 e. The maximum absolute atomic E-state index is 12.7. The maximum Gasteiger partial charge on any atom is 0.419 e. The lowest BCUT2D eigenvalue weighted by Crippen LogP contribution is -2.15. The molecule has 3 nitrogen and oxygen atoms in total. The quantitative estimate of drug-likeness (QED) is 0.889. The van der Waals surface area contributed by atoms with Gasteiger partial charge in [0.05, 0.1) is 12.2 Å². The first kappa shape index (κ1) is 13.3. The van der Waals surface area contributed by atoms with Crippen LogP contribution in [0.3, 0.4) is 0 Å². The van der Waals surface area contributed by atoms with Gasteiger partial charge in [0.1, 0.15) is 5.75 Å². The van der Waals surface area contributed by atoms with E-state index in [9.17, 15) is 18.0 Å². The SMILES string of the molecule is CCCOc1ccc(C(N)=O)cc1C(F)(F)F. The average Bonchev–Trinajstić information content (AvgIpc) is 2.24. The van der Waals surface area contributed by atoms with Gasteiger partial charge in [-0.15, -0.1) is 0 Å². The second-order valence-corrected chi connectivity index (χ2v) is 3.42. The molecule has 1 amide bonds. The average molecular weight is 247 g/mol. The highest BCUT2D eigenvalue weighted by Crippen LogP contribution is 2.36. The van der Waals surface area contributed by atoms with Crippen LogP contribution in [0.4, 0.5) is 13.2 Å². The third-order valence-electron chi connectivity index (χ3n) is 2.03. The summed E-state index contributed by atoms with van der Waals surface area (Å²) in [6.07, 6.45) is -3.98. The van der Waals surface area contributed by atoms with E-state index in [-0.39, 0.29) is 17.9 Å². The van der Waals surface area contributed by atoms with Gasteiger partial charge in [-0.2, -0.15) is 13.2 Å². The van der Waals surface area contributed by atoms with Crippen molar-refractivity contribution in [3.8, 4) is 5.75 Å². The summed E-state index contributed by atoms with van der Waals surface area (Å²) >= 11 is 0. The molecule has 0 atom stereocenters. The topological polar surface area (TPSA) is 52.3 Å². The standard InChI is InChI=1S/C11H12F3NO2/c1-2-5-17-9-4-3-7(10(15)16)6-8(9)11(12,13)14/h3-4,6H,2,5H2,1H3,(H2,15,16). The molecule has 94 valence electrons. The minimum atomic E-state index is -4.57. The van der Waals surface area contributed by atoms with Crippen LogP contribution in [0.2, 0.25) is 0 Å². The van der Waals surface area contributed by atoms with Crippen LogP contribution in [0, 0.1) is 0 Å². The number of halogens is 3. The smallest absolute Gasteiger partial charge is 0.419 e. The van der Waals surface area contributed by atoms with Gasteiger partial charge in [0.15, 0.2) is 0 Å².